The van der Waals surface area contributed by atoms with Gasteiger partial charge in [0.2, 0.25) is 0 Å². The van der Waals surface area contributed by atoms with E-state index in [0.717, 1.165) is 22.0 Å². The zero-order valence-corrected chi connectivity index (χ0v) is 18.4. The molecular weight excluding hydrogens is 426 g/mol. The van der Waals surface area contributed by atoms with Gasteiger partial charge < -0.3 is 11.1 Å². The third kappa shape index (κ3) is 4.16. The maximum Gasteiger partial charge on any atom is 0.274 e. The van der Waals surface area contributed by atoms with Gasteiger partial charge in [0.25, 0.3) is 5.91 Å². The zero-order chi connectivity index (χ0) is 23.5. The minimum atomic E-state index is -0.438. The third-order valence-electron chi connectivity index (χ3n) is 5.44. The Morgan fingerprint density at radius 1 is 0.882 bits per heavy atom. The molecular formula is C26H21N7O. The van der Waals surface area contributed by atoms with Crippen molar-refractivity contribution in [3.05, 3.63) is 96.8 Å². The Hall–Kier alpha value is -4.72. The lowest BCUT2D eigenvalue weighted by molar-refractivity contribution is 0.0935. The maximum absolute atomic E-state index is 13.1. The van der Waals surface area contributed by atoms with Crippen LogP contribution in [0.2, 0.25) is 0 Å². The quantitative estimate of drug-likeness (QED) is 0.414. The number of amides is 1. The number of fused-ring (bicyclic) bond motifs is 1. The lowest BCUT2D eigenvalue weighted by Gasteiger charge is -2.16. The molecule has 0 saturated heterocycles. The molecule has 0 aliphatic carbocycles. The first-order valence-corrected chi connectivity index (χ1v) is 10.7. The molecule has 1 amide bonds. The molecule has 8 heteroatoms. The first-order valence-electron chi connectivity index (χ1n) is 10.7. The number of nitrogens with two attached hydrogens (primary N) is 1. The van der Waals surface area contributed by atoms with E-state index in [1.54, 1.807) is 24.8 Å². The summed E-state index contributed by atoms with van der Waals surface area (Å²) in [6, 6.07) is 19.0. The molecule has 34 heavy (non-hydrogen) atoms. The third-order valence-corrected chi connectivity index (χ3v) is 5.44. The van der Waals surface area contributed by atoms with E-state index in [1.165, 1.54) is 0 Å². The summed E-state index contributed by atoms with van der Waals surface area (Å²) >= 11 is 0. The molecule has 3 heterocycles. The van der Waals surface area contributed by atoms with Crippen LogP contribution in [0, 0.1) is 0 Å². The van der Waals surface area contributed by atoms with Gasteiger partial charge in [-0.2, -0.15) is 0 Å². The summed E-state index contributed by atoms with van der Waals surface area (Å²) in [7, 11) is 0. The van der Waals surface area contributed by atoms with E-state index in [1.807, 2.05) is 67.6 Å². The van der Waals surface area contributed by atoms with Crippen molar-refractivity contribution in [3.8, 4) is 22.5 Å². The molecule has 1 atom stereocenters. The second kappa shape index (κ2) is 9.03. The fourth-order valence-corrected chi connectivity index (χ4v) is 3.71. The second-order valence-electron chi connectivity index (χ2n) is 7.76. The van der Waals surface area contributed by atoms with Gasteiger partial charge in [-0.1, -0.05) is 42.5 Å². The summed E-state index contributed by atoms with van der Waals surface area (Å²) in [5, 5.41) is 3.85. The molecule has 0 aliphatic heterocycles. The van der Waals surface area contributed by atoms with Crippen LogP contribution in [-0.2, 0) is 0 Å². The van der Waals surface area contributed by atoms with Gasteiger partial charge >= 0.3 is 0 Å². The molecule has 0 aliphatic rings. The van der Waals surface area contributed by atoms with Crippen LogP contribution < -0.4 is 11.1 Å². The highest BCUT2D eigenvalue weighted by atomic mass is 16.2. The number of carbonyl (C=O) groups is 1. The summed E-state index contributed by atoms with van der Waals surface area (Å²) in [6.07, 6.45) is 6.51. The van der Waals surface area contributed by atoms with Crippen LogP contribution in [0.25, 0.3) is 33.4 Å². The molecule has 0 saturated carbocycles. The number of anilines is 1. The summed E-state index contributed by atoms with van der Waals surface area (Å²) < 4.78 is 0. The van der Waals surface area contributed by atoms with Crippen molar-refractivity contribution in [3.63, 3.8) is 0 Å². The fraction of sp³-hybridized carbons (Fsp3) is 0.0769. The summed E-state index contributed by atoms with van der Waals surface area (Å²) in [4.78, 5) is 35.2. The first kappa shape index (κ1) is 21.1. The van der Waals surface area contributed by atoms with Crippen molar-refractivity contribution in [2.24, 2.45) is 0 Å². The maximum atomic E-state index is 13.1. The molecule has 0 fully saturated rings. The SMILES string of the molecule is CC(NC(=O)c1nc(-c2ccc3ncccc3c2)c(-c2ccccc2)nc1N)c1cnccn1. The highest BCUT2D eigenvalue weighted by Gasteiger charge is 2.22. The monoisotopic (exact) mass is 447 g/mol. The standard InChI is InChI=1S/C26H21N7O/c1-16(21-15-28-12-13-30-21)31-26(34)24-25(27)33-22(17-6-3-2-4-7-17)23(32-24)19-9-10-20-18(14-19)8-5-11-29-20/h2-16H,1H3,(H2,27,33)(H,31,34). The van der Waals surface area contributed by atoms with Crippen molar-refractivity contribution in [2.45, 2.75) is 13.0 Å². The number of nitrogen functional groups attached to an aromatic ring is 1. The van der Waals surface area contributed by atoms with Crippen LogP contribution in [0.5, 0.6) is 0 Å². The number of rotatable bonds is 5. The Morgan fingerprint density at radius 2 is 1.71 bits per heavy atom. The Labute approximate surface area is 196 Å². The predicted molar refractivity (Wildman–Crippen MR) is 131 cm³/mol. The van der Waals surface area contributed by atoms with Gasteiger partial charge in [0.15, 0.2) is 11.5 Å². The van der Waals surface area contributed by atoms with Crippen molar-refractivity contribution >= 4 is 22.6 Å². The van der Waals surface area contributed by atoms with E-state index >= 15 is 0 Å². The number of pyridine rings is 1. The lowest BCUT2D eigenvalue weighted by atomic mass is 10.0. The topological polar surface area (TPSA) is 120 Å². The molecule has 5 aromatic rings. The van der Waals surface area contributed by atoms with Crippen molar-refractivity contribution in [1.82, 2.24) is 30.2 Å². The number of hydrogen-bond donors (Lipinski definition) is 2. The summed E-state index contributed by atoms with van der Waals surface area (Å²) in [5.41, 5.74) is 10.6. The minimum Gasteiger partial charge on any atom is -0.382 e. The van der Waals surface area contributed by atoms with Gasteiger partial charge in [0.1, 0.15) is 0 Å². The Bertz CT molecular complexity index is 1470. The van der Waals surface area contributed by atoms with E-state index in [9.17, 15) is 4.79 Å². The van der Waals surface area contributed by atoms with Gasteiger partial charge in [0, 0.05) is 35.1 Å². The Balaban J connectivity index is 1.60. The van der Waals surface area contributed by atoms with Crippen LogP contribution in [0.1, 0.15) is 29.1 Å². The minimum absolute atomic E-state index is 0.0499. The average Bonchev–Trinajstić information content (AvgIpc) is 2.89. The van der Waals surface area contributed by atoms with Gasteiger partial charge in [-0.15, -0.1) is 0 Å². The van der Waals surface area contributed by atoms with Gasteiger partial charge in [-0.05, 0) is 25.1 Å². The molecule has 0 radical (unpaired) electrons. The molecule has 2 aromatic carbocycles. The van der Waals surface area contributed by atoms with Gasteiger partial charge in [0.05, 0.1) is 34.8 Å². The fourth-order valence-electron chi connectivity index (χ4n) is 3.71. The van der Waals surface area contributed by atoms with E-state index < -0.39 is 5.91 Å². The van der Waals surface area contributed by atoms with Crippen molar-refractivity contribution in [1.29, 1.82) is 0 Å². The number of hydrogen-bond acceptors (Lipinski definition) is 7. The number of aromatic nitrogens is 5. The first-order chi connectivity index (χ1) is 16.6. The zero-order valence-electron chi connectivity index (χ0n) is 18.4. The predicted octanol–water partition coefficient (Wildman–Crippen LogP) is 4.22. The molecule has 0 bridgehead atoms. The van der Waals surface area contributed by atoms with Gasteiger partial charge in [-0.25, -0.2) is 9.97 Å². The molecule has 3 aromatic heterocycles. The smallest absolute Gasteiger partial charge is 0.274 e. The number of benzene rings is 2. The van der Waals surface area contributed by atoms with E-state index in [2.05, 4.69) is 25.3 Å². The molecule has 1 unspecified atom stereocenters. The number of nitrogens with one attached hydrogen (secondary N) is 1. The average molecular weight is 448 g/mol. The highest BCUT2D eigenvalue weighted by molar-refractivity contribution is 5.98. The molecule has 5 rings (SSSR count). The molecule has 0 spiro atoms. The van der Waals surface area contributed by atoms with Crippen LogP contribution >= 0.6 is 0 Å². The normalized spacial score (nSPS) is 11.8. The molecule has 3 N–H and O–H groups in total. The number of nitrogens with zero attached hydrogens (tertiary/aromatic N) is 5. The highest BCUT2D eigenvalue weighted by Crippen LogP contribution is 2.32. The summed E-state index contributed by atoms with van der Waals surface area (Å²) in [6.45, 7) is 1.82. The summed E-state index contributed by atoms with van der Waals surface area (Å²) in [5.74, 6) is -0.389. The van der Waals surface area contributed by atoms with E-state index in [-0.39, 0.29) is 17.6 Å². The molecule has 166 valence electrons. The number of carbonyl (C=O) groups excluding carboxylic acids is 1. The Morgan fingerprint density at radius 3 is 2.50 bits per heavy atom. The van der Waals surface area contributed by atoms with Crippen LogP contribution in [0.15, 0.2) is 85.5 Å². The lowest BCUT2D eigenvalue weighted by Crippen LogP contribution is -2.29. The van der Waals surface area contributed by atoms with Crippen molar-refractivity contribution < 1.29 is 4.79 Å². The van der Waals surface area contributed by atoms with Crippen LogP contribution in [0.4, 0.5) is 5.82 Å². The van der Waals surface area contributed by atoms with E-state index in [4.69, 9.17) is 10.7 Å². The van der Waals surface area contributed by atoms with Gasteiger partial charge in [-0.3, -0.25) is 19.7 Å². The van der Waals surface area contributed by atoms with Crippen LogP contribution in [0.3, 0.4) is 0 Å². The molecule has 8 nitrogen and oxygen atoms in total. The van der Waals surface area contributed by atoms with Crippen molar-refractivity contribution in [2.75, 3.05) is 5.73 Å². The Kier molecular flexibility index (Phi) is 5.61. The second-order valence-corrected chi connectivity index (χ2v) is 7.76. The largest absolute Gasteiger partial charge is 0.382 e. The van der Waals surface area contributed by atoms with Crippen LogP contribution in [-0.4, -0.2) is 30.8 Å². The van der Waals surface area contributed by atoms with E-state index in [0.29, 0.717) is 17.1 Å².